The molecule has 0 aliphatic rings. The Kier molecular flexibility index (Phi) is 25.1. The van der Waals surface area contributed by atoms with Crippen molar-refractivity contribution in [2.45, 2.75) is 121 Å². The van der Waals surface area contributed by atoms with Crippen LogP contribution in [0.4, 0.5) is 0 Å². The van der Waals surface area contributed by atoms with Crippen LogP contribution in [0.5, 0.6) is 0 Å². The Labute approximate surface area is 395 Å². The van der Waals surface area contributed by atoms with E-state index >= 15 is 0 Å². The molecule has 4 aromatic rings. The zero-order valence-corrected chi connectivity index (χ0v) is 44.6. The summed E-state index contributed by atoms with van der Waals surface area (Å²) in [5.41, 5.74) is 12.3. The van der Waals surface area contributed by atoms with E-state index < -0.39 is 31.6 Å². The molecule has 0 N–H and O–H groups in total. The number of hydrogen-bond acceptors (Lipinski definition) is 0. The Bertz CT molecular complexity index is 1390. The molecule has 0 heterocycles. The normalized spacial score (nSPS) is 11.9. The van der Waals surface area contributed by atoms with Crippen LogP contribution in [0.2, 0.25) is 65.5 Å². The van der Waals surface area contributed by atoms with E-state index in [0.29, 0.717) is 16.3 Å². The van der Waals surface area contributed by atoms with Gasteiger partial charge in [-0.1, -0.05) is 116 Å². The molecule has 2 unspecified atom stereocenters. The van der Waals surface area contributed by atoms with Crippen molar-refractivity contribution < 1.29 is 93.8 Å². The number of hydrogen-bond donors (Lipinski definition) is 0. The predicted octanol–water partition coefficient (Wildman–Crippen LogP) is 11.0. The minimum Gasteiger partial charge on any atom is -0.731 e. The van der Waals surface area contributed by atoms with Crippen molar-refractivity contribution in [3.8, 4) is 0 Å². The van der Waals surface area contributed by atoms with Crippen molar-refractivity contribution in [2.75, 3.05) is 0 Å². The summed E-state index contributed by atoms with van der Waals surface area (Å²) in [7, 11) is -3.63. The van der Waals surface area contributed by atoms with Gasteiger partial charge in [-0.2, -0.15) is 22.3 Å². The molecule has 0 aliphatic carbocycles. The second-order valence-electron chi connectivity index (χ2n) is 17.4. The van der Waals surface area contributed by atoms with E-state index in [4.69, 9.17) is 0 Å². The van der Waals surface area contributed by atoms with Crippen molar-refractivity contribution >= 4 is 68.9 Å². The molecule has 50 heavy (non-hydrogen) atoms. The average Bonchev–Trinajstić information content (AvgIpc) is 3.26. The molecule has 0 saturated carbocycles. The Morgan fingerprint density at radius 3 is 1.00 bits per heavy atom. The summed E-state index contributed by atoms with van der Waals surface area (Å²) in [6.07, 6.45) is 0. The van der Waals surface area contributed by atoms with E-state index in [2.05, 4.69) is 195 Å². The van der Waals surface area contributed by atoms with Gasteiger partial charge in [0.15, 0.2) is 7.74 Å². The van der Waals surface area contributed by atoms with E-state index in [1.807, 2.05) is 0 Å². The van der Waals surface area contributed by atoms with Crippen LogP contribution in [0, 0.1) is 162 Å². The van der Waals surface area contributed by atoms with E-state index in [-0.39, 0.29) is 93.8 Å². The average molecular weight is 1100 g/mol. The van der Waals surface area contributed by atoms with Crippen LogP contribution in [0.3, 0.4) is 0 Å². The molecule has 0 nitrogen and oxygen atoms in total. The summed E-state index contributed by atoms with van der Waals surface area (Å²) >= 11 is 0. The summed E-state index contributed by atoms with van der Waals surface area (Å²) in [6, 6.07) is 22.1. The van der Waals surface area contributed by atoms with E-state index in [0.717, 1.165) is 0 Å². The van der Waals surface area contributed by atoms with Gasteiger partial charge in [0, 0.05) is 102 Å². The first-order valence-electron chi connectivity index (χ1n) is 17.7. The Morgan fingerprint density at radius 1 is 0.460 bits per heavy atom. The maximum Gasteiger partial charge on any atom is 0.198 e. The Hall–Kier alpha value is 1.91. The zero-order valence-electron chi connectivity index (χ0n) is 34.9. The van der Waals surface area contributed by atoms with Crippen LogP contribution < -0.4 is 21.0 Å². The van der Waals surface area contributed by atoms with Gasteiger partial charge in [0.2, 0.25) is 0 Å². The molecule has 4 aromatic carbocycles. The minimum atomic E-state index is -1.34. The van der Waals surface area contributed by atoms with Crippen molar-refractivity contribution in [3.05, 3.63) is 118 Å². The minimum absolute atomic E-state index is 0. The predicted molar refractivity (Wildman–Crippen MR) is 245 cm³/mol. The van der Waals surface area contributed by atoms with Crippen LogP contribution >= 0.6 is 16.3 Å². The van der Waals surface area contributed by atoms with Gasteiger partial charge in [0.25, 0.3) is 0 Å². The monoisotopic (exact) mass is 1100 g/mol. The Balaban J connectivity index is 0. The smallest absolute Gasteiger partial charge is 0.198 e. The summed E-state index contributed by atoms with van der Waals surface area (Å²) in [4.78, 5) is 0. The molecule has 0 bridgehead atoms. The first-order valence-corrected chi connectivity index (χ1v) is 35.9. The molecule has 8 heteroatoms. The maximum absolute atomic E-state index is 3.91. The summed E-state index contributed by atoms with van der Waals surface area (Å²) in [5.74, 6) is 0. The van der Waals surface area contributed by atoms with E-state index in [1.165, 1.54) is 22.3 Å². The number of rotatable bonds is 6. The third-order valence-corrected chi connectivity index (χ3v) is 23.8. The molecule has 0 fully saturated rings. The van der Waals surface area contributed by atoms with Crippen LogP contribution in [-0.4, -0.2) is 31.6 Å². The SMILES string of the molecule is C[c-]1[c-](C)[c-](C)[c-]([Si](C)(C)[PH2+]c2ccccc2)[c-]1C.Cc1c(C)c(C)[c-]([Si](C)(C)[PH2+]c2ccccc2)c1C.[CH2-][Si](C)(C)C.[CH2-][Si](C)(C)C.[Yb].[Yb]. The van der Waals surface area contributed by atoms with Gasteiger partial charge < -0.3 is 40.5 Å². The molecular formula is C42H72P2Si4Yb2-6. The third kappa shape index (κ3) is 18.7. The first-order chi connectivity index (χ1) is 21.7. The van der Waals surface area contributed by atoms with Gasteiger partial charge in [-0.15, -0.1) is 21.3 Å². The summed E-state index contributed by atoms with van der Waals surface area (Å²) < 4.78 is 0. The number of benzene rings is 2. The second-order valence-corrected chi connectivity index (χ2v) is 47.9. The fraction of sp³-hybridized carbons (Fsp3) is 0.429. The fourth-order valence-electron chi connectivity index (χ4n) is 6.45. The van der Waals surface area contributed by atoms with Gasteiger partial charge in [0.05, 0.1) is 10.6 Å². The van der Waals surface area contributed by atoms with Crippen LogP contribution in [0.15, 0.2) is 60.7 Å². The fourth-order valence-corrected chi connectivity index (χ4v) is 23.5. The quantitative estimate of drug-likeness (QED) is 0.103. The van der Waals surface area contributed by atoms with E-state index in [9.17, 15) is 0 Å². The van der Waals surface area contributed by atoms with Gasteiger partial charge in [-0.05, 0) is 53.6 Å². The third-order valence-electron chi connectivity index (χ3n) is 8.82. The van der Waals surface area contributed by atoms with Crippen molar-refractivity contribution in [3.63, 3.8) is 0 Å². The molecule has 0 amide bonds. The maximum atomic E-state index is 3.91. The molecule has 0 spiro atoms. The summed E-state index contributed by atoms with van der Waals surface area (Å²) in [6.45, 7) is 49.7. The first kappa shape index (κ1) is 54.0. The van der Waals surface area contributed by atoms with Crippen LogP contribution in [-0.2, 0) is 0 Å². The summed E-state index contributed by atoms with van der Waals surface area (Å²) in [5, 5.41) is 6.58. The topological polar surface area (TPSA) is 0 Å². The molecule has 0 saturated heterocycles. The van der Waals surface area contributed by atoms with Gasteiger partial charge in [0.1, 0.15) is 0 Å². The van der Waals surface area contributed by atoms with Gasteiger partial charge in [-0.3, -0.25) is 0 Å². The van der Waals surface area contributed by atoms with Crippen molar-refractivity contribution in [1.29, 1.82) is 0 Å². The molecule has 0 aromatic heterocycles. The van der Waals surface area contributed by atoms with Crippen molar-refractivity contribution in [1.82, 2.24) is 0 Å². The largest absolute Gasteiger partial charge is 0.731 e. The molecule has 0 radical (unpaired) electrons. The molecule has 0 aliphatic heterocycles. The van der Waals surface area contributed by atoms with Gasteiger partial charge >= 0.3 is 0 Å². The van der Waals surface area contributed by atoms with Gasteiger partial charge in [-0.25, -0.2) is 27.7 Å². The van der Waals surface area contributed by atoms with E-state index in [1.54, 1.807) is 43.2 Å². The zero-order chi connectivity index (χ0) is 37.4. The van der Waals surface area contributed by atoms with Crippen LogP contribution in [0.25, 0.3) is 0 Å². The second kappa shape index (κ2) is 23.2. The Morgan fingerprint density at radius 2 is 0.720 bits per heavy atom. The molecule has 2 atom stereocenters. The standard InChI is InChI=1S/2C17H24PSi.2C4H11Si.2Yb/c2*1-12-13(2)15(4)17(14(12)3)19(5,6)18-16-10-8-7-9-11-16;2*1-5(2,3)4;;/h2*7-11,18H,1-6H3;2*1H2,2-4H3;;/q-5;3*-1;;/p+2. The molecule has 4 rings (SSSR count). The molecular weight excluding hydrogens is 1020 g/mol. The molecule has 300 valence electrons. The van der Waals surface area contributed by atoms with Crippen LogP contribution in [0.1, 0.15) is 44.5 Å². The van der Waals surface area contributed by atoms with Crippen molar-refractivity contribution in [2.24, 2.45) is 0 Å².